The van der Waals surface area contributed by atoms with E-state index in [0.717, 1.165) is 24.4 Å². The minimum Gasteiger partial charge on any atom is -0.329 e. The highest BCUT2D eigenvalue weighted by Gasteiger charge is 2.37. The van der Waals surface area contributed by atoms with Gasteiger partial charge in [0.2, 0.25) is 0 Å². The van der Waals surface area contributed by atoms with Crippen molar-refractivity contribution in [1.82, 2.24) is 9.80 Å². The van der Waals surface area contributed by atoms with Crippen LogP contribution in [0.15, 0.2) is 0 Å². The zero-order valence-electron chi connectivity index (χ0n) is 14.8. The van der Waals surface area contributed by atoms with Gasteiger partial charge in [-0.2, -0.15) is 0 Å². The number of nitrogens with zero attached hydrogens (tertiary/aromatic N) is 2. The first-order chi connectivity index (χ1) is 9.98. The third kappa shape index (κ3) is 4.00. The average Bonchev–Trinajstić information content (AvgIpc) is 2.74. The molecule has 0 aromatic rings. The second-order valence-electron chi connectivity index (χ2n) is 8.02. The van der Waals surface area contributed by atoms with Crippen molar-refractivity contribution in [2.75, 3.05) is 33.7 Å². The summed E-state index contributed by atoms with van der Waals surface area (Å²) in [5, 5.41) is 0. The normalized spacial score (nSPS) is 35.6. The van der Waals surface area contributed by atoms with Crippen molar-refractivity contribution in [3.05, 3.63) is 0 Å². The predicted molar refractivity (Wildman–Crippen MR) is 91.5 cm³/mol. The van der Waals surface area contributed by atoms with Gasteiger partial charge in [-0.1, -0.05) is 26.7 Å². The number of nitrogens with two attached hydrogens (primary N) is 1. The molecule has 0 aromatic heterocycles. The van der Waals surface area contributed by atoms with Crippen molar-refractivity contribution in [2.45, 2.75) is 70.4 Å². The zero-order chi connectivity index (χ0) is 15.5. The molecule has 2 rings (SSSR count). The molecule has 0 aromatic carbocycles. The Bertz CT molecular complexity index is 318. The lowest BCUT2D eigenvalue weighted by Crippen LogP contribution is -2.55. The molecular formula is C18H37N3. The summed E-state index contributed by atoms with van der Waals surface area (Å²) >= 11 is 0. The number of likely N-dealkylation sites (N-methyl/N-ethyl adjacent to an activating group) is 2. The lowest BCUT2D eigenvalue weighted by Gasteiger charge is -2.43. The van der Waals surface area contributed by atoms with Crippen LogP contribution in [0, 0.1) is 11.8 Å². The van der Waals surface area contributed by atoms with E-state index in [1.807, 2.05) is 0 Å². The summed E-state index contributed by atoms with van der Waals surface area (Å²) in [5.74, 6) is 1.73. The topological polar surface area (TPSA) is 32.5 Å². The highest BCUT2D eigenvalue weighted by atomic mass is 15.2. The van der Waals surface area contributed by atoms with Crippen LogP contribution in [0.5, 0.6) is 0 Å². The highest BCUT2D eigenvalue weighted by Crippen LogP contribution is 2.37. The Morgan fingerprint density at radius 3 is 2.52 bits per heavy atom. The SMILES string of the molecule is CC(C)C1CCCC(CN)(N(C)CC2CCCN2C)CC1. The molecule has 0 amide bonds. The van der Waals surface area contributed by atoms with Gasteiger partial charge in [-0.15, -0.1) is 0 Å². The molecule has 3 nitrogen and oxygen atoms in total. The van der Waals surface area contributed by atoms with Crippen LogP contribution in [0.25, 0.3) is 0 Å². The molecule has 1 aliphatic carbocycles. The summed E-state index contributed by atoms with van der Waals surface area (Å²) in [4.78, 5) is 5.16. The fraction of sp³-hybridized carbons (Fsp3) is 1.00. The van der Waals surface area contributed by atoms with Crippen molar-refractivity contribution in [3.63, 3.8) is 0 Å². The number of hydrogen-bond donors (Lipinski definition) is 1. The Morgan fingerprint density at radius 2 is 1.95 bits per heavy atom. The summed E-state index contributed by atoms with van der Waals surface area (Å²) in [6.45, 7) is 8.06. The molecule has 3 atom stereocenters. The molecule has 21 heavy (non-hydrogen) atoms. The van der Waals surface area contributed by atoms with Crippen LogP contribution < -0.4 is 5.73 Å². The van der Waals surface area contributed by atoms with Gasteiger partial charge in [0.05, 0.1) is 0 Å². The van der Waals surface area contributed by atoms with Crippen molar-refractivity contribution < 1.29 is 0 Å². The minimum atomic E-state index is 0.257. The first-order valence-corrected chi connectivity index (χ1v) is 9.10. The van der Waals surface area contributed by atoms with Crippen LogP contribution >= 0.6 is 0 Å². The maximum absolute atomic E-state index is 6.28. The third-order valence-electron chi connectivity index (χ3n) is 6.49. The van der Waals surface area contributed by atoms with E-state index in [1.54, 1.807) is 0 Å². The van der Waals surface area contributed by atoms with Gasteiger partial charge in [-0.25, -0.2) is 0 Å². The number of hydrogen-bond acceptors (Lipinski definition) is 3. The van der Waals surface area contributed by atoms with Crippen LogP contribution in [0.3, 0.4) is 0 Å². The minimum absolute atomic E-state index is 0.257. The van der Waals surface area contributed by atoms with Gasteiger partial charge in [-0.3, -0.25) is 4.90 Å². The molecule has 1 heterocycles. The van der Waals surface area contributed by atoms with Gasteiger partial charge in [-0.05, 0) is 64.6 Å². The van der Waals surface area contributed by atoms with Crippen LogP contribution in [-0.2, 0) is 0 Å². The molecule has 2 aliphatic rings. The molecule has 0 radical (unpaired) electrons. The highest BCUT2D eigenvalue weighted by molar-refractivity contribution is 4.95. The first kappa shape index (κ1) is 17.2. The standard InChI is InChI=1S/C18H37N3/c1-15(2)16-7-5-10-18(14-19,11-9-16)21(4)13-17-8-6-12-20(17)3/h15-17H,5-14,19H2,1-4H3. The number of rotatable bonds is 5. The summed E-state index contributed by atoms with van der Waals surface area (Å²) in [5.41, 5.74) is 6.54. The van der Waals surface area contributed by atoms with E-state index >= 15 is 0 Å². The van der Waals surface area contributed by atoms with Gasteiger partial charge >= 0.3 is 0 Å². The molecule has 1 saturated heterocycles. The molecule has 3 heteroatoms. The Morgan fingerprint density at radius 1 is 1.19 bits per heavy atom. The van der Waals surface area contributed by atoms with Crippen molar-refractivity contribution in [3.8, 4) is 0 Å². The monoisotopic (exact) mass is 295 g/mol. The summed E-state index contributed by atoms with van der Waals surface area (Å²) in [6, 6.07) is 0.738. The second-order valence-corrected chi connectivity index (χ2v) is 8.02. The third-order valence-corrected chi connectivity index (χ3v) is 6.49. The molecule has 2 N–H and O–H groups in total. The van der Waals surface area contributed by atoms with E-state index in [1.165, 1.54) is 58.0 Å². The van der Waals surface area contributed by atoms with E-state index in [4.69, 9.17) is 5.73 Å². The molecule has 124 valence electrons. The second kappa shape index (κ2) is 7.43. The van der Waals surface area contributed by atoms with E-state index in [-0.39, 0.29) is 5.54 Å². The molecular weight excluding hydrogens is 258 g/mol. The van der Waals surface area contributed by atoms with E-state index in [9.17, 15) is 0 Å². The van der Waals surface area contributed by atoms with Crippen LogP contribution in [0.4, 0.5) is 0 Å². The Hall–Kier alpha value is -0.120. The summed E-state index contributed by atoms with van der Waals surface area (Å²) in [7, 11) is 4.61. The molecule has 1 saturated carbocycles. The van der Waals surface area contributed by atoms with Crippen LogP contribution in [0.2, 0.25) is 0 Å². The van der Waals surface area contributed by atoms with Gasteiger partial charge in [0.15, 0.2) is 0 Å². The quantitative estimate of drug-likeness (QED) is 0.792. The van der Waals surface area contributed by atoms with E-state index < -0.39 is 0 Å². The fourth-order valence-electron chi connectivity index (χ4n) is 4.54. The Kier molecular flexibility index (Phi) is 6.10. The largest absolute Gasteiger partial charge is 0.329 e. The fourth-order valence-corrected chi connectivity index (χ4v) is 4.54. The maximum Gasteiger partial charge on any atom is 0.0329 e. The summed E-state index contributed by atoms with van der Waals surface area (Å²) in [6.07, 6.45) is 9.41. The molecule has 3 unspecified atom stereocenters. The maximum atomic E-state index is 6.28. The predicted octanol–water partition coefficient (Wildman–Crippen LogP) is 2.95. The smallest absolute Gasteiger partial charge is 0.0329 e. The van der Waals surface area contributed by atoms with Crippen molar-refractivity contribution >= 4 is 0 Å². The number of likely N-dealkylation sites (tertiary alicyclic amines) is 1. The lowest BCUT2D eigenvalue weighted by molar-refractivity contribution is 0.0797. The van der Waals surface area contributed by atoms with Crippen molar-refractivity contribution in [2.24, 2.45) is 17.6 Å². The molecule has 0 spiro atoms. The van der Waals surface area contributed by atoms with Gasteiger partial charge in [0.25, 0.3) is 0 Å². The van der Waals surface area contributed by atoms with Gasteiger partial charge < -0.3 is 10.6 Å². The van der Waals surface area contributed by atoms with Crippen LogP contribution in [0.1, 0.15) is 58.8 Å². The summed E-state index contributed by atoms with van der Waals surface area (Å²) < 4.78 is 0. The van der Waals surface area contributed by atoms with Gasteiger partial charge in [0, 0.05) is 24.7 Å². The van der Waals surface area contributed by atoms with Gasteiger partial charge in [0.1, 0.15) is 0 Å². The molecule has 1 aliphatic heterocycles. The van der Waals surface area contributed by atoms with Crippen LogP contribution in [-0.4, -0.2) is 55.1 Å². The Labute approximate surface area is 132 Å². The van der Waals surface area contributed by atoms with E-state index in [0.29, 0.717) is 0 Å². The van der Waals surface area contributed by atoms with E-state index in [2.05, 4.69) is 37.7 Å². The Balaban J connectivity index is 1.99. The lowest BCUT2D eigenvalue weighted by atomic mass is 9.85. The first-order valence-electron chi connectivity index (χ1n) is 9.10. The molecule has 0 bridgehead atoms. The zero-order valence-corrected chi connectivity index (χ0v) is 14.8. The average molecular weight is 296 g/mol. The van der Waals surface area contributed by atoms with Crippen molar-refractivity contribution in [1.29, 1.82) is 0 Å². The molecule has 2 fully saturated rings.